The summed E-state index contributed by atoms with van der Waals surface area (Å²) < 4.78 is 16.9. The van der Waals surface area contributed by atoms with Crippen LogP contribution in [0.15, 0.2) is 0 Å². The van der Waals surface area contributed by atoms with Gasteiger partial charge in [0.1, 0.15) is 0 Å². The van der Waals surface area contributed by atoms with Gasteiger partial charge in [-0.15, -0.1) is 0 Å². The normalized spacial score (nSPS) is 1.60. The van der Waals surface area contributed by atoms with Crippen LogP contribution in [-0.2, 0) is 3.80 Å². The van der Waals surface area contributed by atoms with Crippen molar-refractivity contribution in [2.75, 3.05) is 0 Å². The molecule has 0 radical (unpaired) electrons. The van der Waals surface area contributed by atoms with Gasteiger partial charge in [-0.1, -0.05) is 0 Å². The third-order valence-electron chi connectivity index (χ3n) is 0. The Labute approximate surface area is 88.9 Å². The number of rotatable bonds is 0. The van der Waals surface area contributed by atoms with Crippen molar-refractivity contribution < 1.29 is 37.5 Å². The first-order valence-electron chi connectivity index (χ1n) is 0.471. The number of hydrogen-bond acceptors (Lipinski definition) is 2. The van der Waals surface area contributed by atoms with Gasteiger partial charge in [0.25, 0.3) is 0 Å². The molecule has 0 aliphatic carbocycles. The second-order valence-electron chi connectivity index (χ2n) is 0.0962. The van der Waals surface area contributed by atoms with Crippen LogP contribution >= 0.6 is 0 Å². The van der Waals surface area contributed by atoms with Crippen LogP contribution in [0.5, 0.6) is 0 Å². The van der Waals surface area contributed by atoms with Crippen LogP contribution in [0.25, 0.3) is 0 Å². The van der Waals surface area contributed by atoms with Crippen LogP contribution in [-0.4, -0.2) is 53.2 Å². The molecule has 2 nitrogen and oxygen atoms in total. The van der Waals surface area contributed by atoms with Gasteiger partial charge in [-0.3, -0.25) is 0 Å². The van der Waals surface area contributed by atoms with E-state index in [0.717, 1.165) is 0 Å². The van der Waals surface area contributed by atoms with E-state index in [1.165, 1.54) is 0 Å². The van der Waals surface area contributed by atoms with E-state index in [1.807, 2.05) is 0 Å². The Kier molecular flexibility index (Phi) is 50.6. The zero-order valence-electron chi connectivity index (χ0n) is 2.39. The summed E-state index contributed by atoms with van der Waals surface area (Å²) in [6.07, 6.45) is 0. The van der Waals surface area contributed by atoms with E-state index >= 15 is 0 Å². The average Bonchev–Trinajstić information content (AvgIpc) is 0.918. The van der Waals surface area contributed by atoms with Crippen molar-refractivity contribution in [1.29, 1.82) is 0 Å². The summed E-state index contributed by atoms with van der Waals surface area (Å²) in [6.45, 7) is 0. The Bertz CT molecular complexity index is 17.1. The zero-order valence-corrected chi connectivity index (χ0v) is 5.55. The van der Waals surface area contributed by atoms with Gasteiger partial charge in [0.2, 0.25) is 0 Å². The molecule has 0 aliphatic heterocycles. The van der Waals surface area contributed by atoms with E-state index in [9.17, 15) is 0 Å². The predicted octanol–water partition coefficient (Wildman–Crippen LogP) is -5.60. The molecular formula is H2AlCaNaO2. The first kappa shape index (κ1) is 15.7. The van der Waals surface area contributed by atoms with E-state index in [2.05, 4.69) is 0 Å². The summed E-state index contributed by atoms with van der Waals surface area (Å²) in [4.78, 5) is 0. The monoisotopic (exact) mass is 124 g/mol. The van der Waals surface area contributed by atoms with Gasteiger partial charge in [-0.2, -0.15) is 0 Å². The fraction of sp³-hybridized carbons (Fsp3) is 0. The van der Waals surface area contributed by atoms with Crippen molar-refractivity contribution in [1.82, 2.24) is 0 Å². The molecule has 0 amide bonds. The maximum absolute atomic E-state index is 8.46. The third-order valence-corrected chi connectivity index (χ3v) is 0. The van der Waals surface area contributed by atoms with E-state index in [0.29, 0.717) is 0 Å². The Morgan fingerprint density at radius 2 is 1.60 bits per heavy atom. The number of hydrogen-bond donors (Lipinski definition) is 0. The molecule has 20 valence electrons. The molecule has 5 heteroatoms. The van der Waals surface area contributed by atoms with Crippen molar-refractivity contribution >= 4 is 53.2 Å². The molecule has 0 atom stereocenters. The minimum atomic E-state index is -1.75. The van der Waals surface area contributed by atoms with Crippen LogP contribution < -0.4 is 33.7 Å². The molecule has 0 saturated heterocycles. The Hall–Kier alpha value is 2.39. The van der Waals surface area contributed by atoms with Gasteiger partial charge in [0.15, 0.2) is 0 Å². The quantitative estimate of drug-likeness (QED) is 0.302. The zero-order chi connectivity index (χ0) is 2.71. The Balaban J connectivity index is -0.0000000200. The Morgan fingerprint density at radius 1 is 1.60 bits per heavy atom. The van der Waals surface area contributed by atoms with Crippen LogP contribution in [0, 0.1) is 0 Å². The minimum absolute atomic E-state index is 0. The molecule has 0 spiro atoms. The van der Waals surface area contributed by atoms with Gasteiger partial charge in [0, 0.05) is 0 Å². The van der Waals surface area contributed by atoms with Crippen LogP contribution in [0.3, 0.4) is 0 Å². The van der Waals surface area contributed by atoms with Gasteiger partial charge >= 0.3 is 90.7 Å². The molecule has 0 aliphatic rings. The molecule has 0 N–H and O–H groups in total. The Morgan fingerprint density at radius 3 is 1.60 bits per heavy atom. The second-order valence-corrected chi connectivity index (χ2v) is 0.289. The van der Waals surface area contributed by atoms with E-state index in [1.54, 1.807) is 0 Å². The fourth-order valence-electron chi connectivity index (χ4n) is 0. The summed E-state index contributed by atoms with van der Waals surface area (Å²) in [5.74, 6) is 0. The van der Waals surface area contributed by atoms with E-state index in [-0.39, 0.29) is 67.3 Å². The van der Waals surface area contributed by atoms with Gasteiger partial charge in [-0.05, 0) is 0 Å². The topological polar surface area (TPSA) is 40.1 Å². The SMILES string of the molecule is [CaH2].[Na+].[O]=[Al][O-]. The molecule has 0 saturated carbocycles. The molecule has 0 rings (SSSR count). The summed E-state index contributed by atoms with van der Waals surface area (Å²) in [5, 5.41) is 0. The van der Waals surface area contributed by atoms with Crippen molar-refractivity contribution in [2.45, 2.75) is 0 Å². The van der Waals surface area contributed by atoms with Crippen molar-refractivity contribution in [3.8, 4) is 0 Å². The summed E-state index contributed by atoms with van der Waals surface area (Å²) in [5.41, 5.74) is 0. The standard InChI is InChI=1S/Al.Ca.Na.2O.2H/q;;+1;;-1;;. The maximum atomic E-state index is 8.46. The molecule has 0 unspecified atom stereocenters. The molecule has 0 heterocycles. The van der Waals surface area contributed by atoms with Crippen LogP contribution in [0.2, 0.25) is 0 Å². The fourth-order valence-corrected chi connectivity index (χ4v) is 0. The first-order chi connectivity index (χ1) is 1.41. The van der Waals surface area contributed by atoms with Crippen LogP contribution in [0.4, 0.5) is 0 Å². The van der Waals surface area contributed by atoms with Gasteiger partial charge in [-0.25, -0.2) is 0 Å². The third kappa shape index (κ3) is 21.5. The van der Waals surface area contributed by atoms with E-state index < -0.39 is 15.5 Å². The molecule has 0 fully saturated rings. The first-order valence-corrected chi connectivity index (χ1v) is 1.41. The molecule has 0 aromatic carbocycles. The average molecular weight is 124 g/mol. The predicted molar refractivity (Wildman–Crippen MR) is 15.0 cm³/mol. The molecule has 0 bridgehead atoms. The summed E-state index contributed by atoms with van der Waals surface area (Å²) in [6, 6.07) is 0. The molecule has 0 aromatic rings. The molecule has 5 heavy (non-hydrogen) atoms. The summed E-state index contributed by atoms with van der Waals surface area (Å²) >= 11 is -1.75. The van der Waals surface area contributed by atoms with Crippen LogP contribution in [0.1, 0.15) is 0 Å². The molecule has 0 aromatic heterocycles. The summed E-state index contributed by atoms with van der Waals surface area (Å²) in [7, 11) is 0. The second kappa shape index (κ2) is 16.2. The van der Waals surface area contributed by atoms with E-state index in [4.69, 9.17) is 7.96 Å². The van der Waals surface area contributed by atoms with Gasteiger partial charge in [0.05, 0.1) is 0 Å². The van der Waals surface area contributed by atoms with Crippen molar-refractivity contribution in [3.05, 3.63) is 0 Å². The molecular weight excluding hydrogens is 122 g/mol. The van der Waals surface area contributed by atoms with Crippen molar-refractivity contribution in [3.63, 3.8) is 0 Å². The van der Waals surface area contributed by atoms with Gasteiger partial charge < -0.3 is 0 Å². The van der Waals surface area contributed by atoms with Crippen molar-refractivity contribution in [2.24, 2.45) is 0 Å².